The molecule has 118 valence electrons. The van der Waals surface area contributed by atoms with E-state index in [-0.39, 0.29) is 21.5 Å². The van der Waals surface area contributed by atoms with Crippen LogP contribution in [-0.2, 0) is 18.5 Å². The second kappa shape index (κ2) is 7.09. The van der Waals surface area contributed by atoms with E-state index in [0.29, 0.717) is 6.42 Å². The van der Waals surface area contributed by atoms with E-state index in [9.17, 15) is 13.2 Å². The molecule has 0 saturated heterocycles. The van der Waals surface area contributed by atoms with Crippen LogP contribution in [0.3, 0.4) is 0 Å². The summed E-state index contributed by atoms with van der Waals surface area (Å²) >= 11 is 3.07. The maximum absolute atomic E-state index is 11.9. The molecule has 0 aliphatic heterocycles. The smallest absolute Gasteiger partial charge is 0.338 e. The molecule has 0 radical (unpaired) electrons. The number of halogens is 2. The number of benzene rings is 1. The van der Waals surface area contributed by atoms with Crippen molar-refractivity contribution >= 4 is 41.6 Å². The van der Waals surface area contributed by atoms with Gasteiger partial charge in [-0.25, -0.2) is 13.2 Å². The summed E-state index contributed by atoms with van der Waals surface area (Å²) in [6.45, 7) is 3.91. The van der Waals surface area contributed by atoms with Crippen molar-refractivity contribution in [3.05, 3.63) is 28.2 Å². The van der Waals surface area contributed by atoms with Gasteiger partial charge in [0.15, 0.2) is 0 Å². The fourth-order valence-electron chi connectivity index (χ4n) is 1.39. The number of hydrogen-bond acceptors (Lipinski definition) is 5. The van der Waals surface area contributed by atoms with Gasteiger partial charge in [-0.2, -0.15) is 0 Å². The van der Waals surface area contributed by atoms with Crippen LogP contribution in [0.2, 0.25) is 0 Å². The Morgan fingerprint density at radius 3 is 2.52 bits per heavy atom. The van der Waals surface area contributed by atoms with Crippen LogP contribution in [0.15, 0.2) is 27.6 Å². The first-order valence-corrected chi connectivity index (χ1v) is 9.13. The van der Waals surface area contributed by atoms with Crippen molar-refractivity contribution in [1.82, 2.24) is 0 Å². The number of carbonyl (C=O) groups is 1. The highest BCUT2D eigenvalue weighted by Crippen LogP contribution is 2.26. The maximum Gasteiger partial charge on any atom is 0.338 e. The second-order valence-electron chi connectivity index (χ2n) is 4.93. The number of hydrogen-bond donors (Lipinski definition) is 0. The third-order valence-corrected chi connectivity index (χ3v) is 5.24. The van der Waals surface area contributed by atoms with Crippen LogP contribution in [-0.4, -0.2) is 33.7 Å². The number of rotatable bonds is 6. The summed E-state index contributed by atoms with van der Waals surface area (Å²) in [4.78, 5) is 11.7. The van der Waals surface area contributed by atoms with Crippen molar-refractivity contribution in [2.45, 2.75) is 30.8 Å². The average molecular weight is 400 g/mol. The minimum atomic E-state index is -3.94. The number of esters is 1. The molecule has 0 aromatic heterocycles. The van der Waals surface area contributed by atoms with Gasteiger partial charge in [0.1, 0.15) is 0 Å². The van der Waals surface area contributed by atoms with E-state index in [1.165, 1.54) is 18.2 Å². The van der Waals surface area contributed by atoms with Crippen LogP contribution < -0.4 is 0 Å². The van der Waals surface area contributed by atoms with E-state index >= 15 is 0 Å². The fraction of sp³-hybridized carbons (Fsp3) is 0.462. The molecule has 0 amide bonds. The average Bonchev–Trinajstić information content (AvgIpc) is 2.37. The fourth-order valence-corrected chi connectivity index (χ4v) is 3.51. The van der Waals surface area contributed by atoms with Gasteiger partial charge in [0.2, 0.25) is 0 Å². The third kappa shape index (κ3) is 5.58. The lowest BCUT2D eigenvalue weighted by Crippen LogP contribution is -2.25. The molecule has 0 spiro atoms. The largest absolute Gasteiger partial charge is 0.462 e. The van der Waals surface area contributed by atoms with Gasteiger partial charge in [0.05, 0.1) is 22.7 Å². The molecular formula is C13H16BrClO5S. The molecule has 8 heteroatoms. The number of methoxy groups -OCH3 is 1. The van der Waals surface area contributed by atoms with Crippen LogP contribution in [0.25, 0.3) is 0 Å². The summed E-state index contributed by atoms with van der Waals surface area (Å²) in [6, 6.07) is 4.07. The molecule has 0 fully saturated rings. The Balaban J connectivity index is 2.81. The van der Waals surface area contributed by atoms with Gasteiger partial charge >= 0.3 is 5.97 Å². The van der Waals surface area contributed by atoms with Gasteiger partial charge in [0, 0.05) is 28.7 Å². The molecule has 1 aromatic rings. The molecule has 1 rings (SSSR count). The molecule has 5 nitrogen and oxygen atoms in total. The molecule has 0 N–H and O–H groups in total. The van der Waals surface area contributed by atoms with Crippen LogP contribution in [0.1, 0.15) is 30.6 Å². The van der Waals surface area contributed by atoms with Crippen molar-refractivity contribution < 1.29 is 22.7 Å². The lowest BCUT2D eigenvalue weighted by atomic mass is 10.1. The minimum Gasteiger partial charge on any atom is -0.462 e. The third-order valence-electron chi connectivity index (χ3n) is 2.92. The van der Waals surface area contributed by atoms with Crippen molar-refractivity contribution in [1.29, 1.82) is 0 Å². The summed E-state index contributed by atoms with van der Waals surface area (Å²) in [5.74, 6) is -0.615. The highest BCUT2D eigenvalue weighted by atomic mass is 79.9. The monoisotopic (exact) mass is 398 g/mol. The summed E-state index contributed by atoms with van der Waals surface area (Å²) in [7, 11) is 2.93. The number of carbonyl (C=O) groups excluding carboxylic acids is 1. The zero-order chi connectivity index (χ0) is 16.3. The van der Waals surface area contributed by atoms with E-state index in [1.807, 2.05) is 13.8 Å². The van der Waals surface area contributed by atoms with Crippen LogP contribution in [0.4, 0.5) is 0 Å². The zero-order valence-corrected chi connectivity index (χ0v) is 15.0. The van der Waals surface area contributed by atoms with E-state index < -0.39 is 20.6 Å². The Kier molecular flexibility index (Phi) is 6.22. The lowest BCUT2D eigenvalue weighted by Gasteiger charge is -2.22. The molecule has 0 bridgehead atoms. The molecular weight excluding hydrogens is 384 g/mol. The van der Waals surface area contributed by atoms with Gasteiger partial charge in [-0.3, -0.25) is 0 Å². The predicted molar refractivity (Wildman–Crippen MR) is 83.2 cm³/mol. The zero-order valence-electron chi connectivity index (χ0n) is 11.9. The molecule has 0 saturated carbocycles. The highest BCUT2D eigenvalue weighted by molar-refractivity contribution is 9.10. The van der Waals surface area contributed by atoms with E-state index in [1.54, 1.807) is 7.11 Å². The summed E-state index contributed by atoms with van der Waals surface area (Å²) in [6.07, 6.45) is 0.520. The Morgan fingerprint density at radius 2 is 2.00 bits per heavy atom. The molecule has 0 aliphatic carbocycles. The van der Waals surface area contributed by atoms with E-state index in [4.69, 9.17) is 20.2 Å². The molecule has 1 aromatic carbocycles. The van der Waals surface area contributed by atoms with Crippen LogP contribution >= 0.6 is 26.6 Å². The topological polar surface area (TPSA) is 69.7 Å². The van der Waals surface area contributed by atoms with Gasteiger partial charge in [-0.05, 0) is 48.0 Å². The first-order valence-electron chi connectivity index (χ1n) is 6.03. The van der Waals surface area contributed by atoms with Gasteiger partial charge in [-0.15, -0.1) is 0 Å². The highest BCUT2D eigenvalue weighted by Gasteiger charge is 2.20. The van der Waals surface area contributed by atoms with E-state index in [2.05, 4.69) is 15.9 Å². The Hall–Kier alpha value is -0.630. The summed E-state index contributed by atoms with van der Waals surface area (Å²) in [5, 5.41) is 0. The molecule has 0 unspecified atom stereocenters. The molecule has 21 heavy (non-hydrogen) atoms. The maximum atomic E-state index is 11.9. The molecule has 0 atom stereocenters. The van der Waals surface area contributed by atoms with E-state index in [0.717, 1.165) is 0 Å². The normalized spacial score (nSPS) is 12.2. The van der Waals surface area contributed by atoms with Crippen LogP contribution in [0.5, 0.6) is 0 Å². The second-order valence-corrected chi connectivity index (χ2v) is 8.32. The minimum absolute atomic E-state index is 0.118. The summed E-state index contributed by atoms with van der Waals surface area (Å²) < 4.78 is 33.4. The predicted octanol–water partition coefficient (Wildman–Crippen LogP) is 3.35. The van der Waals surface area contributed by atoms with Gasteiger partial charge < -0.3 is 9.47 Å². The SMILES string of the molecule is COC(C)(C)CCOC(=O)c1ccc(Br)c(S(=O)(=O)Cl)c1. The van der Waals surface area contributed by atoms with Crippen molar-refractivity contribution in [2.24, 2.45) is 0 Å². The first kappa shape index (κ1) is 18.4. The lowest BCUT2D eigenvalue weighted by molar-refractivity contribution is -0.00564. The standard InChI is InChI=1S/C13H16BrClO5S/c1-13(2,19-3)6-7-20-12(16)9-4-5-10(14)11(8-9)21(15,17)18/h4-5,8H,6-7H2,1-3H3. The molecule has 0 heterocycles. The Bertz CT molecular complexity index is 627. The van der Waals surface area contributed by atoms with Crippen LogP contribution in [0, 0.1) is 0 Å². The van der Waals surface area contributed by atoms with Gasteiger partial charge in [-0.1, -0.05) is 0 Å². The number of ether oxygens (including phenoxy) is 2. The quantitative estimate of drug-likeness (QED) is 0.542. The van der Waals surface area contributed by atoms with Crippen molar-refractivity contribution in [3.8, 4) is 0 Å². The Morgan fingerprint density at radius 1 is 1.38 bits per heavy atom. The summed E-state index contributed by atoms with van der Waals surface area (Å²) in [5.41, 5.74) is -0.280. The van der Waals surface area contributed by atoms with Crippen molar-refractivity contribution in [2.75, 3.05) is 13.7 Å². The Labute approximate surface area is 137 Å². The molecule has 0 aliphatic rings. The van der Waals surface area contributed by atoms with Crippen molar-refractivity contribution in [3.63, 3.8) is 0 Å². The van der Waals surface area contributed by atoms with Gasteiger partial charge in [0.25, 0.3) is 9.05 Å². The first-order chi connectivity index (χ1) is 9.57.